The molecule has 1 unspecified atom stereocenters. The van der Waals surface area contributed by atoms with Gasteiger partial charge in [0.1, 0.15) is 11.5 Å². The van der Waals surface area contributed by atoms with Crippen molar-refractivity contribution in [1.29, 1.82) is 0 Å². The standard InChI is InChI=1S/C19H22FN3O3/c1-19(2,3)18(13-8-10-14(20)11-9-13)22-17(24)12-21-15-6-4-5-7-16(15)23(25)26/h4-11,18,21H,12H2,1-3H3,(H,22,24). The van der Waals surface area contributed by atoms with Crippen LogP contribution in [0.15, 0.2) is 48.5 Å². The predicted octanol–water partition coefficient (Wildman–Crippen LogP) is 4.05. The van der Waals surface area contributed by atoms with Crippen molar-refractivity contribution in [1.82, 2.24) is 5.32 Å². The van der Waals surface area contributed by atoms with E-state index in [1.165, 1.54) is 18.2 Å². The number of nitro groups is 1. The third-order valence-corrected chi connectivity index (χ3v) is 3.91. The molecule has 0 saturated heterocycles. The zero-order valence-corrected chi connectivity index (χ0v) is 15.0. The molecule has 138 valence electrons. The van der Waals surface area contributed by atoms with Crippen LogP contribution in [0, 0.1) is 21.3 Å². The van der Waals surface area contributed by atoms with Gasteiger partial charge >= 0.3 is 0 Å². The van der Waals surface area contributed by atoms with Crippen molar-refractivity contribution in [3.05, 3.63) is 70.0 Å². The molecule has 0 aliphatic rings. The number of carbonyl (C=O) groups is 1. The number of nitrogens with zero attached hydrogens (tertiary/aromatic N) is 1. The van der Waals surface area contributed by atoms with Crippen LogP contribution in [0.25, 0.3) is 0 Å². The summed E-state index contributed by atoms with van der Waals surface area (Å²) in [6.07, 6.45) is 0. The average molecular weight is 359 g/mol. The summed E-state index contributed by atoms with van der Waals surface area (Å²) in [4.78, 5) is 22.9. The third-order valence-electron chi connectivity index (χ3n) is 3.91. The average Bonchev–Trinajstić information content (AvgIpc) is 2.58. The molecule has 0 radical (unpaired) electrons. The molecule has 2 aromatic carbocycles. The minimum atomic E-state index is -0.503. The molecule has 6 nitrogen and oxygen atoms in total. The van der Waals surface area contributed by atoms with Gasteiger partial charge in [-0.1, -0.05) is 45.0 Å². The van der Waals surface area contributed by atoms with Gasteiger partial charge in [-0.15, -0.1) is 0 Å². The first-order valence-corrected chi connectivity index (χ1v) is 8.20. The smallest absolute Gasteiger partial charge is 0.292 e. The summed E-state index contributed by atoms with van der Waals surface area (Å²) in [5.41, 5.74) is 0.678. The molecule has 7 heteroatoms. The summed E-state index contributed by atoms with van der Waals surface area (Å²) in [6.45, 7) is 5.79. The Bertz CT molecular complexity index is 785. The normalized spacial score (nSPS) is 12.3. The van der Waals surface area contributed by atoms with Crippen molar-refractivity contribution in [2.45, 2.75) is 26.8 Å². The molecular weight excluding hydrogens is 337 g/mol. The van der Waals surface area contributed by atoms with Crippen molar-refractivity contribution in [3.8, 4) is 0 Å². The number of anilines is 1. The largest absolute Gasteiger partial charge is 0.371 e. The number of nitrogens with one attached hydrogen (secondary N) is 2. The lowest BCUT2D eigenvalue weighted by molar-refractivity contribution is -0.383. The monoisotopic (exact) mass is 359 g/mol. The van der Waals surface area contributed by atoms with E-state index in [2.05, 4.69) is 10.6 Å². The van der Waals surface area contributed by atoms with Gasteiger partial charge in [0.2, 0.25) is 5.91 Å². The first-order valence-electron chi connectivity index (χ1n) is 8.20. The maximum absolute atomic E-state index is 13.2. The van der Waals surface area contributed by atoms with Crippen molar-refractivity contribution < 1.29 is 14.1 Å². The van der Waals surface area contributed by atoms with Crippen LogP contribution in [0.2, 0.25) is 0 Å². The van der Waals surface area contributed by atoms with Crippen molar-refractivity contribution in [2.75, 3.05) is 11.9 Å². The Balaban J connectivity index is 2.09. The van der Waals surface area contributed by atoms with Gasteiger partial charge in [-0.2, -0.15) is 0 Å². The van der Waals surface area contributed by atoms with Crippen LogP contribution >= 0.6 is 0 Å². The summed E-state index contributed by atoms with van der Waals surface area (Å²) in [6, 6.07) is 11.8. The van der Waals surface area contributed by atoms with Crippen LogP contribution in [0.3, 0.4) is 0 Å². The second-order valence-electron chi connectivity index (χ2n) is 7.05. The number of hydrogen-bond acceptors (Lipinski definition) is 4. The van der Waals surface area contributed by atoms with Crippen LogP contribution in [-0.2, 0) is 4.79 Å². The van der Waals surface area contributed by atoms with E-state index < -0.39 is 4.92 Å². The Labute approximate surface area is 151 Å². The van der Waals surface area contributed by atoms with Gasteiger partial charge in [-0.25, -0.2) is 4.39 Å². The van der Waals surface area contributed by atoms with E-state index in [0.717, 1.165) is 5.56 Å². The van der Waals surface area contributed by atoms with Crippen LogP contribution in [-0.4, -0.2) is 17.4 Å². The Kier molecular flexibility index (Phi) is 5.92. The highest BCUT2D eigenvalue weighted by Crippen LogP contribution is 2.32. The molecule has 0 saturated carbocycles. The lowest BCUT2D eigenvalue weighted by Gasteiger charge is -2.32. The second kappa shape index (κ2) is 7.95. The van der Waals surface area contributed by atoms with Crippen molar-refractivity contribution >= 4 is 17.3 Å². The summed E-state index contributed by atoms with van der Waals surface area (Å²) >= 11 is 0. The van der Waals surface area contributed by atoms with E-state index >= 15 is 0 Å². The van der Waals surface area contributed by atoms with Gasteiger partial charge in [0.25, 0.3) is 5.69 Å². The highest BCUT2D eigenvalue weighted by molar-refractivity contribution is 5.82. The van der Waals surface area contributed by atoms with Gasteiger partial charge in [0.15, 0.2) is 0 Å². The topological polar surface area (TPSA) is 84.3 Å². The van der Waals surface area contributed by atoms with Crippen LogP contribution < -0.4 is 10.6 Å². The second-order valence-corrected chi connectivity index (χ2v) is 7.05. The van der Waals surface area contributed by atoms with Crippen molar-refractivity contribution in [2.24, 2.45) is 5.41 Å². The van der Waals surface area contributed by atoms with Gasteiger partial charge < -0.3 is 10.6 Å². The molecule has 0 bridgehead atoms. The number of para-hydroxylation sites is 2. The molecule has 2 aromatic rings. The SMILES string of the molecule is CC(C)(C)C(NC(=O)CNc1ccccc1[N+](=O)[O-])c1ccc(F)cc1. The first-order chi connectivity index (χ1) is 12.2. The van der Waals surface area contributed by atoms with E-state index in [-0.39, 0.29) is 41.1 Å². The lowest BCUT2D eigenvalue weighted by atomic mass is 9.82. The number of benzene rings is 2. The number of amides is 1. The fourth-order valence-electron chi connectivity index (χ4n) is 2.62. The van der Waals surface area contributed by atoms with Gasteiger partial charge in [0, 0.05) is 6.07 Å². The molecule has 0 spiro atoms. The third kappa shape index (κ3) is 5.02. The molecule has 26 heavy (non-hydrogen) atoms. The Morgan fingerprint density at radius 2 is 1.77 bits per heavy atom. The first kappa shape index (κ1) is 19.4. The van der Waals surface area contributed by atoms with Gasteiger partial charge in [0.05, 0.1) is 17.5 Å². The molecule has 1 atom stereocenters. The maximum Gasteiger partial charge on any atom is 0.292 e. The maximum atomic E-state index is 13.2. The van der Waals surface area contributed by atoms with Crippen LogP contribution in [0.5, 0.6) is 0 Å². The molecule has 1 amide bonds. The number of halogens is 1. The van der Waals surface area contributed by atoms with Crippen LogP contribution in [0.4, 0.5) is 15.8 Å². The number of carbonyl (C=O) groups excluding carboxylic acids is 1. The number of hydrogen-bond donors (Lipinski definition) is 2. The predicted molar refractivity (Wildman–Crippen MR) is 98.3 cm³/mol. The molecule has 0 aromatic heterocycles. The van der Waals surface area contributed by atoms with E-state index in [9.17, 15) is 19.3 Å². The van der Waals surface area contributed by atoms with Gasteiger partial charge in [-0.05, 0) is 29.2 Å². The zero-order chi connectivity index (χ0) is 19.3. The molecule has 0 aliphatic carbocycles. The van der Waals surface area contributed by atoms with E-state index in [1.54, 1.807) is 30.3 Å². The molecule has 0 fully saturated rings. The summed E-state index contributed by atoms with van der Waals surface area (Å²) in [5, 5.41) is 16.7. The fraction of sp³-hybridized carbons (Fsp3) is 0.316. The number of nitro benzene ring substituents is 1. The molecule has 0 aliphatic heterocycles. The summed E-state index contributed by atoms with van der Waals surface area (Å²) < 4.78 is 13.2. The van der Waals surface area contributed by atoms with Crippen molar-refractivity contribution in [3.63, 3.8) is 0 Å². The summed E-state index contributed by atoms with van der Waals surface area (Å²) in [7, 11) is 0. The lowest BCUT2D eigenvalue weighted by Crippen LogP contribution is -2.39. The highest BCUT2D eigenvalue weighted by Gasteiger charge is 2.28. The van der Waals surface area contributed by atoms with Crippen LogP contribution in [0.1, 0.15) is 32.4 Å². The van der Waals surface area contributed by atoms with E-state index in [0.29, 0.717) is 0 Å². The molecule has 0 heterocycles. The molecule has 2 rings (SSSR count). The fourth-order valence-corrected chi connectivity index (χ4v) is 2.62. The summed E-state index contributed by atoms with van der Waals surface area (Å²) in [5.74, 6) is -0.654. The molecular formula is C19H22FN3O3. The minimum absolute atomic E-state index is 0.0915. The Morgan fingerprint density at radius 3 is 2.35 bits per heavy atom. The van der Waals surface area contributed by atoms with E-state index in [1.807, 2.05) is 20.8 Å². The van der Waals surface area contributed by atoms with E-state index in [4.69, 9.17) is 0 Å². The highest BCUT2D eigenvalue weighted by atomic mass is 19.1. The molecule has 2 N–H and O–H groups in total. The number of rotatable bonds is 6. The van der Waals surface area contributed by atoms with Gasteiger partial charge in [-0.3, -0.25) is 14.9 Å². The quantitative estimate of drug-likeness (QED) is 0.602. The zero-order valence-electron chi connectivity index (χ0n) is 15.0. The Hall–Kier alpha value is -2.96. The Morgan fingerprint density at radius 1 is 1.15 bits per heavy atom. The minimum Gasteiger partial charge on any atom is -0.371 e.